The van der Waals surface area contributed by atoms with Gasteiger partial charge in [-0.2, -0.15) is 0 Å². The first-order chi connectivity index (χ1) is 13.6. The fourth-order valence-corrected chi connectivity index (χ4v) is 3.39. The molecular formula is C22H22N4O2. The van der Waals surface area contributed by atoms with Crippen LogP contribution in [0, 0.1) is 0 Å². The lowest BCUT2D eigenvalue weighted by Gasteiger charge is -2.25. The molecule has 1 atom stereocenters. The van der Waals surface area contributed by atoms with Crippen LogP contribution >= 0.6 is 0 Å². The lowest BCUT2D eigenvalue weighted by Crippen LogP contribution is -2.42. The Hall–Kier alpha value is -3.38. The third-order valence-electron chi connectivity index (χ3n) is 4.92. The molecule has 6 heteroatoms. The minimum Gasteiger partial charge on any atom is -0.437 e. The van der Waals surface area contributed by atoms with E-state index in [1.165, 1.54) is 0 Å². The molecule has 1 aromatic heterocycles. The number of likely N-dealkylation sites (tertiary alicyclic amines) is 1. The summed E-state index contributed by atoms with van der Waals surface area (Å²) in [5.74, 6) is 1.01. The standard InChI is InChI=1S/C22H22N4O2/c23-22(17-8-2-1-3-9-17)13-15-26(16-22)21(27)25-18-10-4-5-11-19(18)28-20-12-6-7-14-24-20/h1-12,14H,13,15-16,23H2,(H,25,27). The Morgan fingerprint density at radius 1 is 1.04 bits per heavy atom. The summed E-state index contributed by atoms with van der Waals surface area (Å²) in [6.07, 6.45) is 2.38. The van der Waals surface area contributed by atoms with Gasteiger partial charge in [-0.3, -0.25) is 0 Å². The molecule has 2 amide bonds. The van der Waals surface area contributed by atoms with E-state index >= 15 is 0 Å². The zero-order valence-electron chi connectivity index (χ0n) is 15.4. The molecule has 1 unspecified atom stereocenters. The van der Waals surface area contributed by atoms with Gasteiger partial charge in [-0.25, -0.2) is 9.78 Å². The average molecular weight is 374 g/mol. The number of amides is 2. The van der Waals surface area contributed by atoms with Gasteiger partial charge in [0.15, 0.2) is 5.75 Å². The number of urea groups is 1. The first kappa shape index (κ1) is 18.0. The Morgan fingerprint density at radius 3 is 2.57 bits per heavy atom. The Kier molecular flexibility index (Phi) is 4.95. The van der Waals surface area contributed by atoms with E-state index in [2.05, 4.69) is 10.3 Å². The van der Waals surface area contributed by atoms with Crippen molar-refractivity contribution in [2.75, 3.05) is 18.4 Å². The maximum atomic E-state index is 12.8. The number of ether oxygens (including phenoxy) is 1. The van der Waals surface area contributed by atoms with Crippen molar-refractivity contribution in [3.8, 4) is 11.6 Å². The summed E-state index contributed by atoms with van der Waals surface area (Å²) >= 11 is 0. The summed E-state index contributed by atoms with van der Waals surface area (Å²) in [7, 11) is 0. The molecule has 3 aromatic rings. The molecule has 3 N–H and O–H groups in total. The highest BCUT2D eigenvalue weighted by Gasteiger charge is 2.38. The topological polar surface area (TPSA) is 80.5 Å². The highest BCUT2D eigenvalue weighted by Crippen LogP contribution is 2.31. The summed E-state index contributed by atoms with van der Waals surface area (Å²) in [4.78, 5) is 18.7. The quantitative estimate of drug-likeness (QED) is 0.724. The normalized spacial score (nSPS) is 18.7. The average Bonchev–Trinajstić information content (AvgIpc) is 3.15. The van der Waals surface area contributed by atoms with Gasteiger partial charge in [0.25, 0.3) is 0 Å². The lowest BCUT2D eigenvalue weighted by atomic mass is 9.90. The minimum absolute atomic E-state index is 0.194. The summed E-state index contributed by atoms with van der Waals surface area (Å²) in [5.41, 5.74) is 7.69. The Bertz CT molecular complexity index is 949. The molecule has 2 aromatic carbocycles. The number of anilines is 1. The van der Waals surface area contributed by atoms with Gasteiger partial charge in [0, 0.05) is 25.4 Å². The van der Waals surface area contributed by atoms with Crippen molar-refractivity contribution in [3.05, 3.63) is 84.6 Å². The molecule has 4 rings (SSSR count). The lowest BCUT2D eigenvalue weighted by molar-refractivity contribution is 0.219. The van der Waals surface area contributed by atoms with E-state index < -0.39 is 5.54 Å². The number of para-hydroxylation sites is 2. The second-order valence-electron chi connectivity index (χ2n) is 6.89. The van der Waals surface area contributed by atoms with Gasteiger partial charge in [-0.1, -0.05) is 48.5 Å². The summed E-state index contributed by atoms with van der Waals surface area (Å²) in [5, 5.41) is 2.94. The van der Waals surface area contributed by atoms with Gasteiger partial charge in [-0.05, 0) is 30.2 Å². The fourth-order valence-electron chi connectivity index (χ4n) is 3.39. The van der Waals surface area contributed by atoms with Crippen molar-refractivity contribution >= 4 is 11.7 Å². The van der Waals surface area contributed by atoms with Crippen LogP contribution in [0.15, 0.2) is 79.0 Å². The summed E-state index contributed by atoms with van der Waals surface area (Å²) in [6.45, 7) is 1.06. The Balaban J connectivity index is 1.46. The molecule has 0 spiro atoms. The largest absolute Gasteiger partial charge is 0.437 e. The first-order valence-corrected chi connectivity index (χ1v) is 9.22. The van der Waals surface area contributed by atoms with Gasteiger partial charge in [0.05, 0.1) is 11.2 Å². The van der Waals surface area contributed by atoms with E-state index in [1.54, 1.807) is 29.3 Å². The van der Waals surface area contributed by atoms with Gasteiger partial charge < -0.3 is 20.7 Å². The van der Waals surface area contributed by atoms with Crippen LogP contribution in [-0.2, 0) is 5.54 Å². The molecule has 6 nitrogen and oxygen atoms in total. The Labute approximate surface area is 164 Å². The van der Waals surface area contributed by atoms with E-state index in [0.29, 0.717) is 30.4 Å². The van der Waals surface area contributed by atoms with Gasteiger partial charge in [-0.15, -0.1) is 0 Å². The third kappa shape index (κ3) is 3.82. The molecule has 0 saturated carbocycles. The highest BCUT2D eigenvalue weighted by molar-refractivity contribution is 5.91. The van der Waals surface area contributed by atoms with Crippen molar-refractivity contribution in [2.24, 2.45) is 5.73 Å². The summed E-state index contributed by atoms with van der Waals surface area (Å²) < 4.78 is 5.81. The van der Waals surface area contributed by atoms with Crippen LogP contribution in [0.2, 0.25) is 0 Å². The SMILES string of the molecule is NC1(c2ccccc2)CCN(C(=O)Nc2ccccc2Oc2ccccn2)C1. The number of pyridine rings is 1. The van der Waals surface area contributed by atoms with Crippen LogP contribution in [0.1, 0.15) is 12.0 Å². The second kappa shape index (κ2) is 7.70. The maximum absolute atomic E-state index is 12.8. The fraction of sp³-hybridized carbons (Fsp3) is 0.182. The third-order valence-corrected chi connectivity index (χ3v) is 4.92. The monoisotopic (exact) mass is 374 g/mol. The zero-order valence-corrected chi connectivity index (χ0v) is 15.4. The number of hydrogen-bond acceptors (Lipinski definition) is 4. The van der Waals surface area contributed by atoms with Gasteiger partial charge >= 0.3 is 6.03 Å². The number of carbonyl (C=O) groups excluding carboxylic acids is 1. The van der Waals surface area contributed by atoms with E-state index in [9.17, 15) is 4.79 Å². The Morgan fingerprint density at radius 2 is 1.79 bits per heavy atom. The number of nitrogens with two attached hydrogens (primary N) is 1. The number of aromatic nitrogens is 1. The van der Waals surface area contributed by atoms with E-state index in [1.807, 2.05) is 54.6 Å². The number of rotatable bonds is 4. The van der Waals surface area contributed by atoms with Crippen LogP contribution < -0.4 is 15.8 Å². The molecule has 28 heavy (non-hydrogen) atoms. The molecule has 1 fully saturated rings. The molecule has 2 heterocycles. The zero-order chi connectivity index (χ0) is 19.4. The van der Waals surface area contributed by atoms with Crippen LogP contribution in [-0.4, -0.2) is 29.0 Å². The van der Waals surface area contributed by atoms with Crippen LogP contribution in [0.3, 0.4) is 0 Å². The molecule has 1 aliphatic rings. The van der Waals surface area contributed by atoms with Crippen LogP contribution in [0.4, 0.5) is 10.5 Å². The molecular weight excluding hydrogens is 352 g/mol. The number of hydrogen-bond donors (Lipinski definition) is 2. The van der Waals surface area contributed by atoms with Crippen molar-refractivity contribution in [1.82, 2.24) is 9.88 Å². The van der Waals surface area contributed by atoms with Crippen molar-refractivity contribution in [2.45, 2.75) is 12.0 Å². The smallest absolute Gasteiger partial charge is 0.322 e. The van der Waals surface area contributed by atoms with Crippen LogP contribution in [0.25, 0.3) is 0 Å². The van der Waals surface area contributed by atoms with E-state index in [4.69, 9.17) is 10.5 Å². The molecule has 0 bridgehead atoms. The molecule has 142 valence electrons. The minimum atomic E-state index is -0.525. The number of benzene rings is 2. The second-order valence-corrected chi connectivity index (χ2v) is 6.89. The van der Waals surface area contributed by atoms with Gasteiger partial charge in [0.2, 0.25) is 5.88 Å². The predicted octanol–water partition coefficient (Wildman–Crippen LogP) is 3.97. The van der Waals surface area contributed by atoms with Crippen molar-refractivity contribution in [1.29, 1.82) is 0 Å². The number of carbonyl (C=O) groups is 1. The molecule has 1 saturated heterocycles. The molecule has 0 aliphatic carbocycles. The number of nitrogens with zero attached hydrogens (tertiary/aromatic N) is 2. The highest BCUT2D eigenvalue weighted by atomic mass is 16.5. The maximum Gasteiger partial charge on any atom is 0.322 e. The van der Waals surface area contributed by atoms with Crippen molar-refractivity contribution < 1.29 is 9.53 Å². The van der Waals surface area contributed by atoms with Gasteiger partial charge in [0.1, 0.15) is 0 Å². The molecule has 0 radical (unpaired) electrons. The van der Waals surface area contributed by atoms with Crippen molar-refractivity contribution in [3.63, 3.8) is 0 Å². The van der Waals surface area contributed by atoms with E-state index in [-0.39, 0.29) is 6.03 Å². The number of nitrogens with one attached hydrogen (secondary N) is 1. The molecule has 1 aliphatic heterocycles. The predicted molar refractivity (Wildman–Crippen MR) is 108 cm³/mol. The van der Waals surface area contributed by atoms with E-state index in [0.717, 1.165) is 12.0 Å². The van der Waals surface area contributed by atoms with Crippen LogP contribution in [0.5, 0.6) is 11.6 Å². The first-order valence-electron chi connectivity index (χ1n) is 9.22. The summed E-state index contributed by atoms with van der Waals surface area (Å²) in [6, 6.07) is 22.5.